The Morgan fingerprint density at radius 1 is 1.00 bits per heavy atom. The number of carbonyl (C=O) groups excluding carboxylic acids is 2. The SMILES string of the molecule is CC(C)c1ccc(NC(=O)Nc2ccc3c(c2)CN(Cc2cc(F)cc(F)c2)C(=O)[C@@H](C)O3)cc1. The molecule has 1 aliphatic rings. The third-order valence-electron chi connectivity index (χ3n) is 5.77. The van der Waals surface area contributed by atoms with Gasteiger partial charge in [0, 0.05) is 36.1 Å². The minimum atomic E-state index is -0.773. The second kappa shape index (κ2) is 10.1. The van der Waals surface area contributed by atoms with Crippen molar-refractivity contribution in [3.63, 3.8) is 0 Å². The molecule has 1 heterocycles. The van der Waals surface area contributed by atoms with E-state index in [9.17, 15) is 18.4 Å². The van der Waals surface area contributed by atoms with Crippen LogP contribution in [-0.2, 0) is 17.9 Å². The second-order valence-electron chi connectivity index (χ2n) is 8.91. The Morgan fingerprint density at radius 2 is 1.63 bits per heavy atom. The standard InChI is InChI=1S/C27H27F2N3O3/c1-16(2)19-4-6-23(7-5-19)30-27(34)31-24-8-9-25-20(12-24)15-32(26(33)17(3)35-25)14-18-10-21(28)13-22(29)11-18/h4-13,16-17H,14-15H2,1-3H3,(H2,30,31,34)/t17-/m1/s1. The number of carbonyl (C=O) groups is 2. The minimum Gasteiger partial charge on any atom is -0.481 e. The highest BCUT2D eigenvalue weighted by atomic mass is 19.1. The monoisotopic (exact) mass is 479 g/mol. The summed E-state index contributed by atoms with van der Waals surface area (Å²) in [5.74, 6) is -0.808. The summed E-state index contributed by atoms with van der Waals surface area (Å²) in [6, 6.07) is 15.5. The van der Waals surface area contributed by atoms with E-state index in [-0.39, 0.29) is 19.0 Å². The summed E-state index contributed by atoms with van der Waals surface area (Å²) < 4.78 is 33.1. The lowest BCUT2D eigenvalue weighted by Gasteiger charge is -2.22. The van der Waals surface area contributed by atoms with Crippen LogP contribution in [0.25, 0.3) is 0 Å². The van der Waals surface area contributed by atoms with Gasteiger partial charge in [0.25, 0.3) is 5.91 Å². The van der Waals surface area contributed by atoms with E-state index in [1.165, 1.54) is 22.6 Å². The molecule has 1 aliphatic heterocycles. The van der Waals surface area contributed by atoms with E-state index in [4.69, 9.17) is 4.74 Å². The summed E-state index contributed by atoms with van der Waals surface area (Å²) in [6.45, 7) is 6.00. The fraction of sp³-hybridized carbons (Fsp3) is 0.259. The maximum atomic E-state index is 13.6. The molecule has 3 aromatic rings. The van der Waals surface area contributed by atoms with Gasteiger partial charge in [-0.25, -0.2) is 13.6 Å². The number of rotatable bonds is 5. The molecule has 6 nitrogen and oxygen atoms in total. The van der Waals surface area contributed by atoms with Gasteiger partial charge in [-0.3, -0.25) is 4.79 Å². The van der Waals surface area contributed by atoms with E-state index in [1.807, 2.05) is 24.3 Å². The maximum Gasteiger partial charge on any atom is 0.323 e. The highest BCUT2D eigenvalue weighted by Gasteiger charge is 2.28. The van der Waals surface area contributed by atoms with Gasteiger partial charge in [0.15, 0.2) is 6.10 Å². The van der Waals surface area contributed by atoms with Crippen molar-refractivity contribution in [2.75, 3.05) is 10.6 Å². The van der Waals surface area contributed by atoms with Crippen LogP contribution < -0.4 is 15.4 Å². The van der Waals surface area contributed by atoms with Crippen molar-refractivity contribution >= 4 is 23.3 Å². The van der Waals surface area contributed by atoms with Crippen LogP contribution in [-0.4, -0.2) is 22.9 Å². The van der Waals surface area contributed by atoms with E-state index in [0.717, 1.165) is 6.07 Å². The van der Waals surface area contributed by atoms with E-state index in [2.05, 4.69) is 24.5 Å². The molecule has 0 aromatic heterocycles. The van der Waals surface area contributed by atoms with Gasteiger partial charge in [-0.15, -0.1) is 0 Å². The van der Waals surface area contributed by atoms with Crippen molar-refractivity contribution < 1.29 is 23.1 Å². The van der Waals surface area contributed by atoms with Gasteiger partial charge >= 0.3 is 6.03 Å². The number of urea groups is 1. The van der Waals surface area contributed by atoms with Crippen LogP contribution in [0.15, 0.2) is 60.7 Å². The molecule has 0 saturated heterocycles. The molecule has 8 heteroatoms. The molecule has 3 amide bonds. The molecular formula is C27H27F2N3O3. The van der Waals surface area contributed by atoms with Crippen molar-refractivity contribution in [2.24, 2.45) is 0 Å². The van der Waals surface area contributed by atoms with Gasteiger partial charge in [-0.2, -0.15) is 0 Å². The van der Waals surface area contributed by atoms with Crippen LogP contribution in [0.1, 0.15) is 43.4 Å². The van der Waals surface area contributed by atoms with Gasteiger partial charge in [-0.05, 0) is 66.4 Å². The molecule has 0 radical (unpaired) electrons. The molecule has 35 heavy (non-hydrogen) atoms. The largest absolute Gasteiger partial charge is 0.481 e. The Hall–Kier alpha value is -3.94. The maximum absolute atomic E-state index is 13.6. The average Bonchev–Trinajstić information content (AvgIpc) is 2.89. The number of halogens is 2. The molecule has 3 aromatic carbocycles. The predicted octanol–water partition coefficient (Wildman–Crippen LogP) is 6.04. The first-order valence-corrected chi connectivity index (χ1v) is 11.4. The molecule has 2 N–H and O–H groups in total. The minimum absolute atomic E-state index is 0.0190. The van der Waals surface area contributed by atoms with Gasteiger partial charge in [-0.1, -0.05) is 26.0 Å². The second-order valence-corrected chi connectivity index (χ2v) is 8.91. The molecule has 4 rings (SSSR count). The first-order valence-electron chi connectivity index (χ1n) is 11.4. The number of benzene rings is 3. The normalized spacial score (nSPS) is 15.3. The highest BCUT2D eigenvalue weighted by Crippen LogP contribution is 2.30. The number of hydrogen-bond acceptors (Lipinski definition) is 3. The summed E-state index contributed by atoms with van der Waals surface area (Å²) in [5.41, 5.74) is 3.36. The molecule has 0 spiro atoms. The lowest BCUT2D eigenvalue weighted by atomic mass is 10.0. The van der Waals surface area contributed by atoms with E-state index in [0.29, 0.717) is 34.2 Å². The Kier molecular flexibility index (Phi) is 7.00. The molecule has 182 valence electrons. The van der Waals surface area contributed by atoms with Crippen LogP contribution in [0.5, 0.6) is 5.75 Å². The van der Waals surface area contributed by atoms with Crippen LogP contribution in [0.4, 0.5) is 25.0 Å². The van der Waals surface area contributed by atoms with Crippen LogP contribution in [0, 0.1) is 11.6 Å². The van der Waals surface area contributed by atoms with Crippen molar-refractivity contribution in [3.8, 4) is 5.75 Å². The Bertz CT molecular complexity index is 1220. The summed E-state index contributed by atoms with van der Waals surface area (Å²) in [7, 11) is 0. The van der Waals surface area contributed by atoms with Crippen molar-refractivity contribution in [3.05, 3.63) is 89.0 Å². The topological polar surface area (TPSA) is 70.7 Å². The quantitative estimate of drug-likeness (QED) is 0.469. The zero-order valence-corrected chi connectivity index (χ0v) is 19.8. The summed E-state index contributed by atoms with van der Waals surface area (Å²) in [6.07, 6.45) is -0.773. The average molecular weight is 480 g/mol. The number of hydrogen-bond donors (Lipinski definition) is 2. The molecule has 0 bridgehead atoms. The number of anilines is 2. The van der Waals surface area contributed by atoms with Crippen LogP contribution in [0.3, 0.4) is 0 Å². The Labute approximate surface area is 202 Å². The summed E-state index contributed by atoms with van der Waals surface area (Å²) >= 11 is 0. The van der Waals surface area contributed by atoms with E-state index >= 15 is 0 Å². The van der Waals surface area contributed by atoms with Crippen molar-refractivity contribution in [2.45, 2.75) is 45.9 Å². The number of nitrogens with one attached hydrogen (secondary N) is 2. The van der Waals surface area contributed by atoms with Crippen LogP contribution >= 0.6 is 0 Å². The third kappa shape index (κ3) is 5.95. The molecular weight excluding hydrogens is 452 g/mol. The van der Waals surface area contributed by atoms with E-state index in [1.54, 1.807) is 25.1 Å². The zero-order valence-electron chi connectivity index (χ0n) is 19.8. The predicted molar refractivity (Wildman–Crippen MR) is 130 cm³/mol. The fourth-order valence-electron chi connectivity index (χ4n) is 3.98. The van der Waals surface area contributed by atoms with Crippen molar-refractivity contribution in [1.29, 1.82) is 0 Å². The van der Waals surface area contributed by atoms with Gasteiger partial charge in [0.1, 0.15) is 17.4 Å². The molecule has 0 fully saturated rings. The summed E-state index contributed by atoms with van der Waals surface area (Å²) in [5, 5.41) is 5.59. The Balaban J connectivity index is 1.49. The molecule has 0 aliphatic carbocycles. The number of fused-ring (bicyclic) bond motifs is 1. The Morgan fingerprint density at radius 3 is 2.29 bits per heavy atom. The zero-order chi connectivity index (χ0) is 25.1. The smallest absolute Gasteiger partial charge is 0.323 e. The van der Waals surface area contributed by atoms with Crippen molar-refractivity contribution in [1.82, 2.24) is 4.90 Å². The first kappa shape index (κ1) is 24.2. The molecule has 1 atom stereocenters. The number of ether oxygens (including phenoxy) is 1. The summed E-state index contributed by atoms with van der Waals surface area (Å²) in [4.78, 5) is 26.9. The first-order chi connectivity index (χ1) is 16.7. The van der Waals surface area contributed by atoms with Gasteiger partial charge in [0.2, 0.25) is 0 Å². The third-order valence-corrected chi connectivity index (χ3v) is 5.77. The van der Waals surface area contributed by atoms with Gasteiger partial charge < -0.3 is 20.3 Å². The highest BCUT2D eigenvalue weighted by molar-refractivity contribution is 5.99. The fourth-order valence-corrected chi connectivity index (χ4v) is 3.98. The van der Waals surface area contributed by atoms with Gasteiger partial charge in [0.05, 0.1) is 0 Å². The number of nitrogens with zero attached hydrogens (tertiary/aromatic N) is 1. The number of amides is 3. The van der Waals surface area contributed by atoms with Crippen LogP contribution in [0.2, 0.25) is 0 Å². The lowest BCUT2D eigenvalue weighted by molar-refractivity contribution is -0.138. The lowest BCUT2D eigenvalue weighted by Crippen LogP contribution is -2.37. The molecule has 0 saturated carbocycles. The van der Waals surface area contributed by atoms with E-state index < -0.39 is 23.8 Å². The molecule has 0 unspecified atom stereocenters.